The minimum atomic E-state index is -1.68. The molecule has 2 aromatic carbocycles. The molecule has 42 heavy (non-hydrogen) atoms. The van der Waals surface area contributed by atoms with Crippen molar-refractivity contribution in [3.05, 3.63) is 82.6 Å². The van der Waals surface area contributed by atoms with Gasteiger partial charge in [-0.05, 0) is 24.6 Å². The molecular weight excluding hydrogens is 581 g/mol. The van der Waals surface area contributed by atoms with E-state index in [1.54, 1.807) is 37.3 Å². The predicted molar refractivity (Wildman–Crippen MR) is 140 cm³/mol. The van der Waals surface area contributed by atoms with Crippen molar-refractivity contribution in [1.82, 2.24) is 15.5 Å². The summed E-state index contributed by atoms with van der Waals surface area (Å²) in [4.78, 5) is 75.2. The van der Waals surface area contributed by atoms with Crippen LogP contribution >= 0.6 is 11.8 Å². The second-order valence-electron chi connectivity index (χ2n) is 8.75. The van der Waals surface area contributed by atoms with Crippen LogP contribution in [0.1, 0.15) is 39.3 Å². The smallest absolute Gasteiger partial charge is 0.543 e. The number of ether oxygens (including phenoxy) is 2. The molecule has 0 saturated carbocycles. The second-order valence-corrected chi connectivity index (χ2v) is 9.85. The Bertz CT molecular complexity index is 1430. The predicted octanol–water partition coefficient (Wildman–Crippen LogP) is -3.13. The van der Waals surface area contributed by atoms with Crippen molar-refractivity contribution in [2.24, 2.45) is 0 Å². The van der Waals surface area contributed by atoms with Crippen molar-refractivity contribution < 1.29 is 78.0 Å². The fourth-order valence-corrected chi connectivity index (χ4v) is 5.55. The van der Waals surface area contributed by atoms with Crippen LogP contribution in [-0.2, 0) is 23.9 Å². The molecule has 4 rings (SSSR count). The number of carboxylic acid groups (broad SMARTS) is 1. The number of β-lactam (4-membered cyclic amide) rings is 1. The quantitative estimate of drug-likeness (QED) is 0.149. The Hall–Kier alpha value is -3.69. The Morgan fingerprint density at radius 1 is 1.05 bits per heavy atom. The van der Waals surface area contributed by atoms with E-state index in [2.05, 4.69) is 10.1 Å². The molecule has 214 valence electrons. The van der Waals surface area contributed by atoms with E-state index in [1.807, 2.05) is 5.32 Å². The number of carbonyl (C=O) groups is 6. The van der Waals surface area contributed by atoms with E-state index in [1.165, 1.54) is 24.3 Å². The number of carboxylic acids is 1. The molecule has 3 N–H and O–H groups in total. The number of aliphatic hydroxyl groups excluding tert-OH is 1. The van der Waals surface area contributed by atoms with Gasteiger partial charge in [-0.15, -0.1) is 11.8 Å². The third kappa shape index (κ3) is 7.02. The van der Waals surface area contributed by atoms with Gasteiger partial charge < -0.3 is 29.8 Å². The zero-order chi connectivity index (χ0) is 29.7. The van der Waals surface area contributed by atoms with Crippen LogP contribution in [0.25, 0.3) is 0 Å². The van der Waals surface area contributed by atoms with Crippen LogP contribution in [0.2, 0.25) is 0 Å². The summed E-state index contributed by atoms with van der Waals surface area (Å²) >= 11 is 1.12. The Balaban J connectivity index is 0.00000484. The molecule has 13 nitrogen and oxygen atoms in total. The maximum atomic E-state index is 12.9. The molecule has 0 radical (unpaired) electrons. The summed E-state index contributed by atoms with van der Waals surface area (Å²) < 4.78 is 9.93. The van der Waals surface area contributed by atoms with Crippen molar-refractivity contribution in [2.45, 2.75) is 24.4 Å². The maximum absolute atomic E-state index is 12.9. The van der Waals surface area contributed by atoms with Crippen LogP contribution in [0.5, 0.6) is 0 Å². The molecule has 0 bridgehead atoms. The fourth-order valence-electron chi connectivity index (χ4n) is 4.22. The number of alkyl carbamates (subject to hydrolysis) is 1. The first-order valence-electron chi connectivity index (χ1n) is 12.3. The zero-order valence-electron chi connectivity index (χ0n) is 22.5. The molecule has 0 aliphatic carbocycles. The van der Waals surface area contributed by atoms with E-state index in [-0.39, 0.29) is 58.6 Å². The van der Waals surface area contributed by atoms with E-state index in [0.29, 0.717) is 5.56 Å². The average molecular weight is 606 g/mol. The van der Waals surface area contributed by atoms with Gasteiger partial charge in [0.15, 0.2) is 6.10 Å². The molecule has 1 saturated heterocycles. The van der Waals surface area contributed by atoms with Crippen LogP contribution < -0.4 is 45.3 Å². The van der Waals surface area contributed by atoms with Crippen LogP contribution in [0, 0.1) is 0 Å². The van der Waals surface area contributed by atoms with Crippen molar-refractivity contribution in [2.75, 3.05) is 19.0 Å². The molecule has 2 aliphatic rings. The van der Waals surface area contributed by atoms with Gasteiger partial charge in [0, 0.05) is 11.3 Å². The molecular formula is C27H24N3NaO10S. The Labute approximate surface area is 265 Å². The first kappa shape index (κ1) is 32.8. The number of aliphatic carboxylic acids is 1. The third-order valence-electron chi connectivity index (χ3n) is 6.16. The molecule has 4 amide bonds. The van der Waals surface area contributed by atoms with Gasteiger partial charge in [-0.25, -0.2) is 9.59 Å². The Morgan fingerprint density at radius 3 is 2.33 bits per heavy atom. The second kappa shape index (κ2) is 14.5. The summed E-state index contributed by atoms with van der Waals surface area (Å²) in [6.07, 6.45) is -2.53. The summed E-state index contributed by atoms with van der Waals surface area (Å²) in [6, 6.07) is 12.5. The molecule has 1 fully saturated rings. The normalized spacial score (nSPS) is 18.0. The number of imide groups is 1. The van der Waals surface area contributed by atoms with Gasteiger partial charge in [-0.1, -0.05) is 42.5 Å². The van der Waals surface area contributed by atoms with Gasteiger partial charge in [0.1, 0.15) is 18.0 Å². The van der Waals surface area contributed by atoms with Crippen LogP contribution in [0.15, 0.2) is 65.9 Å². The van der Waals surface area contributed by atoms with E-state index in [9.17, 15) is 39.0 Å². The summed E-state index contributed by atoms with van der Waals surface area (Å²) in [5.74, 6) is -5.11. The van der Waals surface area contributed by atoms with Gasteiger partial charge in [-0.3, -0.25) is 24.6 Å². The molecule has 3 atom stereocenters. The zero-order valence-corrected chi connectivity index (χ0v) is 25.3. The van der Waals surface area contributed by atoms with Crippen LogP contribution in [0.4, 0.5) is 4.79 Å². The minimum Gasteiger partial charge on any atom is -0.543 e. The largest absolute Gasteiger partial charge is 1.00 e. The molecule has 2 heterocycles. The number of amides is 4. The minimum absolute atomic E-state index is 0. The fraction of sp³-hybridized carbons (Fsp3) is 0.259. The van der Waals surface area contributed by atoms with Crippen molar-refractivity contribution in [3.8, 4) is 0 Å². The third-order valence-corrected chi connectivity index (χ3v) is 7.50. The molecule has 1 unspecified atom stereocenters. The van der Waals surface area contributed by atoms with Gasteiger partial charge in [0.05, 0.1) is 29.4 Å². The molecule has 15 heteroatoms. The summed E-state index contributed by atoms with van der Waals surface area (Å²) in [5.41, 5.74) is -0.466. The monoisotopic (exact) mass is 605 g/mol. The first-order chi connectivity index (χ1) is 19.6. The van der Waals surface area contributed by atoms with Crippen LogP contribution in [0.3, 0.4) is 0 Å². The Morgan fingerprint density at radius 2 is 1.69 bits per heavy atom. The van der Waals surface area contributed by atoms with Gasteiger partial charge in [-0.2, -0.15) is 0 Å². The number of fused-ring (bicyclic) bond motifs is 1. The summed E-state index contributed by atoms with van der Waals surface area (Å²) in [7, 11) is 0. The summed E-state index contributed by atoms with van der Waals surface area (Å²) in [5, 5.41) is 26.0. The van der Waals surface area contributed by atoms with E-state index in [4.69, 9.17) is 4.74 Å². The van der Waals surface area contributed by atoms with Gasteiger partial charge in [0.2, 0.25) is 0 Å². The number of hydrogen-bond donors (Lipinski definition) is 3. The number of thioether (sulfide) groups is 1. The number of esters is 1. The molecule has 0 aromatic heterocycles. The topological polar surface area (TPSA) is 191 Å². The average Bonchev–Trinajstić information content (AvgIpc) is 2.97. The number of nitrogens with zero attached hydrogens (tertiary/aromatic N) is 1. The maximum Gasteiger partial charge on any atom is 1.00 e. The number of nitrogens with one attached hydrogen (secondary N) is 2. The number of benzene rings is 2. The Kier molecular flexibility index (Phi) is 11.3. The van der Waals surface area contributed by atoms with E-state index in [0.717, 1.165) is 16.7 Å². The number of hydrogen-bond acceptors (Lipinski definition) is 11. The SMILES string of the molecule is CCOC(=O)NC(=O)c1ccccc1C(=O)OCC1=C(C(=O)[O-])N2C(=O)[C@@H](NC(=O)C(O)c3ccccc3)[C@@H]2SC1.[Na+]. The molecule has 2 aliphatic heterocycles. The van der Waals surface area contributed by atoms with Gasteiger partial charge >= 0.3 is 41.6 Å². The molecule has 0 spiro atoms. The standard InChI is InChI=1S/C27H25N3O10S.Na/c1-2-39-27(38)29-21(32)16-10-6-7-11-17(16)26(37)40-12-15-13-41-24-18(23(34)30(24)19(15)25(35)36)28-22(33)20(31)14-8-4-3-5-9-14;/h3-11,18,20,24,31H,2,12-13H2,1H3,(H,28,33)(H,35,36)(H,29,32,38);/q;+1/p-1/t18-,20?,24+;/m1./s1. The number of aliphatic hydroxyl groups is 1. The number of carbonyl (C=O) groups excluding carboxylic acids is 6. The van der Waals surface area contributed by atoms with Crippen molar-refractivity contribution in [1.29, 1.82) is 0 Å². The van der Waals surface area contributed by atoms with Crippen molar-refractivity contribution >= 4 is 47.5 Å². The van der Waals surface area contributed by atoms with E-state index < -0.39 is 65.6 Å². The summed E-state index contributed by atoms with van der Waals surface area (Å²) in [6.45, 7) is 1.04. The van der Waals surface area contributed by atoms with Crippen molar-refractivity contribution in [3.63, 3.8) is 0 Å². The molecule has 2 aromatic rings. The van der Waals surface area contributed by atoms with E-state index >= 15 is 0 Å². The number of rotatable bonds is 9. The first-order valence-corrected chi connectivity index (χ1v) is 13.3. The van der Waals surface area contributed by atoms with Crippen LogP contribution in [-0.4, -0.2) is 76.1 Å². The van der Waals surface area contributed by atoms with Gasteiger partial charge in [0.25, 0.3) is 17.7 Å².